The summed E-state index contributed by atoms with van der Waals surface area (Å²) in [5.41, 5.74) is 6.17. The van der Waals surface area contributed by atoms with Crippen LogP contribution in [0.1, 0.15) is 16.1 Å². The minimum atomic E-state index is -0.989. The van der Waals surface area contributed by atoms with Gasteiger partial charge in [0.15, 0.2) is 0 Å². The van der Waals surface area contributed by atoms with Gasteiger partial charge in [0.1, 0.15) is 5.82 Å². The largest absolute Gasteiger partial charge is 0.481 e. The van der Waals surface area contributed by atoms with Gasteiger partial charge in [0.25, 0.3) is 5.91 Å². The Morgan fingerprint density at radius 1 is 1.29 bits per heavy atom. The Morgan fingerprint density at radius 2 is 2.05 bits per heavy atom. The fourth-order valence-corrected chi connectivity index (χ4v) is 1.63. The molecule has 2 aromatic rings. The molecule has 1 aromatic heterocycles. The lowest BCUT2D eigenvalue weighted by atomic mass is 10.2. The molecule has 0 aliphatic rings. The van der Waals surface area contributed by atoms with E-state index >= 15 is 0 Å². The topological polar surface area (TPSA) is 105 Å². The van der Waals surface area contributed by atoms with Crippen molar-refractivity contribution in [1.82, 2.24) is 4.98 Å². The van der Waals surface area contributed by atoms with Gasteiger partial charge in [0, 0.05) is 5.56 Å². The predicted octanol–water partition coefficient (Wildman–Crippen LogP) is 1.68. The number of halogens is 1. The van der Waals surface area contributed by atoms with Crippen LogP contribution < -0.4 is 11.1 Å². The molecule has 21 heavy (non-hydrogen) atoms. The third-order valence-electron chi connectivity index (χ3n) is 2.68. The van der Waals surface area contributed by atoms with Crippen molar-refractivity contribution in [2.75, 3.05) is 11.1 Å². The highest BCUT2D eigenvalue weighted by molar-refractivity contribution is 6.04. The fourth-order valence-electron chi connectivity index (χ4n) is 1.63. The van der Waals surface area contributed by atoms with E-state index in [1.165, 1.54) is 30.5 Å². The molecule has 108 valence electrons. The van der Waals surface area contributed by atoms with E-state index in [0.29, 0.717) is 11.4 Å². The summed E-state index contributed by atoms with van der Waals surface area (Å²) in [7, 11) is 0. The van der Waals surface area contributed by atoms with Crippen LogP contribution in [0.3, 0.4) is 0 Å². The first-order valence-corrected chi connectivity index (χ1v) is 5.99. The molecule has 1 aromatic carbocycles. The zero-order valence-corrected chi connectivity index (χ0v) is 10.8. The molecule has 0 radical (unpaired) electrons. The van der Waals surface area contributed by atoms with Crippen LogP contribution in [0.25, 0.3) is 0 Å². The minimum Gasteiger partial charge on any atom is -0.481 e. The third kappa shape index (κ3) is 3.75. The van der Waals surface area contributed by atoms with E-state index in [4.69, 9.17) is 10.8 Å². The van der Waals surface area contributed by atoms with Crippen molar-refractivity contribution < 1.29 is 19.1 Å². The minimum absolute atomic E-state index is 0.0359. The zero-order valence-electron chi connectivity index (χ0n) is 10.8. The van der Waals surface area contributed by atoms with Crippen molar-refractivity contribution in [2.24, 2.45) is 0 Å². The van der Waals surface area contributed by atoms with Crippen LogP contribution in [0.4, 0.5) is 15.8 Å². The summed E-state index contributed by atoms with van der Waals surface area (Å²) in [4.78, 5) is 26.3. The molecule has 1 amide bonds. The molecule has 0 atom stereocenters. The van der Waals surface area contributed by atoms with Gasteiger partial charge in [-0.25, -0.2) is 4.39 Å². The Hall–Kier alpha value is -2.96. The normalized spacial score (nSPS) is 10.1. The summed E-state index contributed by atoms with van der Waals surface area (Å²) >= 11 is 0. The molecule has 0 saturated heterocycles. The van der Waals surface area contributed by atoms with E-state index in [9.17, 15) is 14.0 Å². The van der Waals surface area contributed by atoms with E-state index in [1.54, 1.807) is 0 Å². The summed E-state index contributed by atoms with van der Waals surface area (Å²) < 4.78 is 13.3. The molecule has 0 fully saturated rings. The molecule has 0 spiro atoms. The number of carbonyl (C=O) groups is 2. The third-order valence-corrected chi connectivity index (χ3v) is 2.68. The second-order valence-electron chi connectivity index (χ2n) is 4.30. The van der Waals surface area contributed by atoms with E-state index in [2.05, 4.69) is 10.3 Å². The Morgan fingerprint density at radius 3 is 2.62 bits per heavy atom. The SMILES string of the molecule is Nc1ccc(C(=O)Nc2ccc(CC(=O)O)nc2)cc1F. The number of anilines is 2. The van der Waals surface area contributed by atoms with E-state index in [-0.39, 0.29) is 17.7 Å². The van der Waals surface area contributed by atoms with Crippen molar-refractivity contribution in [1.29, 1.82) is 0 Å². The molecular weight excluding hydrogens is 277 g/mol. The number of hydrogen-bond donors (Lipinski definition) is 3. The molecule has 7 heteroatoms. The lowest BCUT2D eigenvalue weighted by Crippen LogP contribution is -2.13. The van der Waals surface area contributed by atoms with E-state index in [0.717, 1.165) is 6.07 Å². The van der Waals surface area contributed by atoms with Gasteiger partial charge in [-0.3, -0.25) is 14.6 Å². The van der Waals surface area contributed by atoms with Crippen molar-refractivity contribution in [3.05, 3.63) is 53.6 Å². The number of nitrogens with one attached hydrogen (secondary N) is 1. The number of carboxylic acids is 1. The predicted molar refractivity (Wildman–Crippen MR) is 74.3 cm³/mol. The van der Waals surface area contributed by atoms with Gasteiger partial charge >= 0.3 is 5.97 Å². The van der Waals surface area contributed by atoms with Gasteiger partial charge in [-0.05, 0) is 30.3 Å². The van der Waals surface area contributed by atoms with Gasteiger partial charge in [-0.15, -0.1) is 0 Å². The Labute approximate surface area is 119 Å². The number of nitrogen functional groups attached to an aromatic ring is 1. The first-order valence-electron chi connectivity index (χ1n) is 5.99. The smallest absolute Gasteiger partial charge is 0.309 e. The standard InChI is InChI=1S/C14H12FN3O3/c15-11-5-8(1-4-12(11)16)14(21)18-10-3-2-9(17-7-10)6-13(19)20/h1-5,7H,6,16H2,(H,18,21)(H,19,20). The highest BCUT2D eigenvalue weighted by Gasteiger charge is 2.09. The Kier molecular flexibility index (Phi) is 4.13. The number of carbonyl (C=O) groups excluding carboxylic acids is 1. The van der Waals surface area contributed by atoms with Gasteiger partial charge in [0.05, 0.1) is 29.7 Å². The van der Waals surface area contributed by atoms with Crippen LogP contribution in [-0.2, 0) is 11.2 Å². The Bertz CT molecular complexity index is 686. The lowest BCUT2D eigenvalue weighted by Gasteiger charge is -2.06. The molecule has 0 aliphatic heterocycles. The summed E-state index contributed by atoms with van der Waals surface area (Å²) in [6.45, 7) is 0. The number of nitrogens with zero attached hydrogens (tertiary/aromatic N) is 1. The molecule has 0 saturated carbocycles. The summed E-state index contributed by atoms with van der Waals surface area (Å²) in [6.07, 6.45) is 1.14. The maximum Gasteiger partial charge on any atom is 0.309 e. The van der Waals surface area contributed by atoms with Gasteiger partial charge < -0.3 is 16.2 Å². The molecule has 6 nitrogen and oxygen atoms in total. The van der Waals surface area contributed by atoms with Gasteiger partial charge in [-0.2, -0.15) is 0 Å². The maximum absolute atomic E-state index is 13.3. The molecule has 1 heterocycles. The Balaban J connectivity index is 2.08. The average molecular weight is 289 g/mol. The summed E-state index contributed by atoms with van der Waals surface area (Å²) in [5, 5.41) is 11.2. The van der Waals surface area contributed by atoms with E-state index in [1.807, 2.05) is 0 Å². The molecule has 2 rings (SSSR count). The number of benzene rings is 1. The first-order chi connectivity index (χ1) is 9.95. The molecular formula is C14H12FN3O3. The van der Waals surface area contributed by atoms with Crippen LogP contribution in [0, 0.1) is 5.82 Å². The van der Waals surface area contributed by atoms with Crippen LogP contribution in [-0.4, -0.2) is 22.0 Å². The fraction of sp³-hybridized carbons (Fsp3) is 0.0714. The number of aliphatic carboxylic acids is 1. The molecule has 0 unspecified atom stereocenters. The van der Waals surface area contributed by atoms with E-state index < -0.39 is 17.7 Å². The summed E-state index contributed by atoms with van der Waals surface area (Å²) in [6, 6.07) is 6.76. The second-order valence-corrected chi connectivity index (χ2v) is 4.30. The van der Waals surface area contributed by atoms with Crippen molar-refractivity contribution >= 4 is 23.3 Å². The number of rotatable bonds is 4. The number of nitrogens with two attached hydrogens (primary N) is 1. The lowest BCUT2D eigenvalue weighted by molar-refractivity contribution is -0.136. The first kappa shape index (κ1) is 14.4. The van der Waals surface area contributed by atoms with Crippen LogP contribution >= 0.6 is 0 Å². The van der Waals surface area contributed by atoms with Crippen LogP contribution in [0.15, 0.2) is 36.5 Å². The van der Waals surface area contributed by atoms with Gasteiger partial charge in [-0.1, -0.05) is 0 Å². The molecule has 4 N–H and O–H groups in total. The quantitative estimate of drug-likeness (QED) is 0.743. The van der Waals surface area contributed by atoms with Crippen LogP contribution in [0.2, 0.25) is 0 Å². The average Bonchev–Trinajstić information content (AvgIpc) is 2.43. The molecule has 0 bridgehead atoms. The van der Waals surface area contributed by atoms with Crippen molar-refractivity contribution in [2.45, 2.75) is 6.42 Å². The van der Waals surface area contributed by atoms with Crippen molar-refractivity contribution in [3.8, 4) is 0 Å². The number of carboxylic acid groups (broad SMARTS) is 1. The van der Waals surface area contributed by atoms with Crippen LogP contribution in [0.5, 0.6) is 0 Å². The maximum atomic E-state index is 13.3. The number of amides is 1. The van der Waals surface area contributed by atoms with Gasteiger partial charge in [0.2, 0.25) is 0 Å². The highest BCUT2D eigenvalue weighted by Crippen LogP contribution is 2.14. The second kappa shape index (κ2) is 6.00. The number of aromatic nitrogens is 1. The number of hydrogen-bond acceptors (Lipinski definition) is 4. The molecule has 0 aliphatic carbocycles. The highest BCUT2D eigenvalue weighted by atomic mass is 19.1. The monoisotopic (exact) mass is 289 g/mol. The van der Waals surface area contributed by atoms with Crippen molar-refractivity contribution in [3.63, 3.8) is 0 Å². The summed E-state index contributed by atoms with van der Waals surface area (Å²) in [5.74, 6) is -2.17. The zero-order chi connectivity index (χ0) is 15.4. The number of pyridine rings is 1.